The Kier molecular flexibility index (Phi) is 5.90. The third kappa shape index (κ3) is 3.91. The first-order valence-corrected chi connectivity index (χ1v) is 10.4. The van der Waals surface area contributed by atoms with Crippen molar-refractivity contribution >= 4 is 0 Å². The maximum absolute atomic E-state index is 2.48. The maximum atomic E-state index is 2.48. The molecule has 1 unspecified atom stereocenters. The van der Waals surface area contributed by atoms with E-state index < -0.39 is 17.3 Å². The molecule has 0 heterocycles. The van der Waals surface area contributed by atoms with E-state index in [0.717, 1.165) is 5.92 Å². The minimum atomic E-state index is -0.801. The average molecular weight is 388 g/mol. The van der Waals surface area contributed by atoms with Gasteiger partial charge in [-0.2, -0.15) is 0 Å². The summed E-state index contributed by atoms with van der Waals surface area (Å²) in [5.41, 5.74) is 1.70. The van der Waals surface area contributed by atoms with Gasteiger partial charge < -0.3 is 0 Å². The van der Waals surface area contributed by atoms with E-state index in [1.54, 1.807) is 9.54 Å². The van der Waals surface area contributed by atoms with Crippen LogP contribution in [0.15, 0.2) is 21.7 Å². The van der Waals surface area contributed by atoms with E-state index in [4.69, 9.17) is 0 Å². The Bertz CT molecular complexity index is 246. The Morgan fingerprint density at radius 2 is 2.00 bits per heavy atom. The van der Waals surface area contributed by atoms with Gasteiger partial charge in [-0.3, -0.25) is 0 Å². The molecule has 0 bridgehead atoms. The van der Waals surface area contributed by atoms with Crippen molar-refractivity contribution in [1.82, 2.24) is 0 Å². The van der Waals surface area contributed by atoms with Crippen LogP contribution in [0.2, 0.25) is 9.62 Å². The van der Waals surface area contributed by atoms with Crippen molar-refractivity contribution in [2.75, 3.05) is 0 Å². The second-order valence-corrected chi connectivity index (χ2v) is 11.3. The molecule has 0 saturated heterocycles. The summed E-state index contributed by atoms with van der Waals surface area (Å²) < 4.78 is 1.79. The second kappa shape index (κ2) is 6.69. The summed E-state index contributed by atoms with van der Waals surface area (Å²) in [5, 5.41) is 0. The molecule has 0 fully saturated rings. The van der Waals surface area contributed by atoms with Gasteiger partial charge in [0, 0.05) is 0 Å². The predicted octanol–water partition coefficient (Wildman–Crippen LogP) is 5.13. The Morgan fingerprint density at radius 1 is 1.33 bits per heavy atom. The molecule has 0 aromatic rings. The van der Waals surface area contributed by atoms with E-state index in [9.17, 15) is 0 Å². The third-order valence-corrected chi connectivity index (χ3v) is 9.89. The van der Waals surface area contributed by atoms with Crippen LogP contribution in [-0.4, -0.2) is 0 Å². The molecule has 0 N–H and O–H groups in total. The fraction of sp³-hybridized carbons (Fsp3) is 0.714. The van der Waals surface area contributed by atoms with Crippen LogP contribution in [0.1, 0.15) is 47.0 Å². The van der Waals surface area contributed by atoms with Gasteiger partial charge in [-0.15, -0.1) is 0 Å². The normalized spacial score (nSPS) is 23.7. The molecule has 1 atom stereocenters. The van der Waals surface area contributed by atoms with Crippen LogP contribution in [0.4, 0.5) is 0 Å². The Balaban J connectivity index is 2.88. The molecule has 15 heavy (non-hydrogen) atoms. The topological polar surface area (TPSA) is 0 Å². The number of hydrogen-bond acceptors (Lipinski definition) is 0. The first-order valence-electron chi connectivity index (χ1n) is 6.06. The third-order valence-electron chi connectivity index (χ3n) is 2.93. The summed E-state index contributed by atoms with van der Waals surface area (Å²) >= 11 is -0.801. The van der Waals surface area contributed by atoms with E-state index in [2.05, 4.69) is 39.8 Å². The van der Waals surface area contributed by atoms with Crippen LogP contribution in [0, 0.1) is 5.92 Å². The van der Waals surface area contributed by atoms with Crippen molar-refractivity contribution in [1.29, 1.82) is 0 Å². The van der Waals surface area contributed by atoms with Gasteiger partial charge in [0.2, 0.25) is 0 Å². The van der Waals surface area contributed by atoms with Gasteiger partial charge in [0.15, 0.2) is 0 Å². The molecule has 0 aromatic carbocycles. The fourth-order valence-corrected chi connectivity index (χ4v) is 7.22. The van der Waals surface area contributed by atoms with Gasteiger partial charge in [-0.1, -0.05) is 0 Å². The molecule has 0 nitrogen and oxygen atoms in total. The molecular formula is C14H25Pt. The first-order chi connectivity index (χ1) is 7.19. The monoisotopic (exact) mass is 388 g/mol. The standard InChI is InChI=1S/C10H15.2C2H5.Pt/c1-9-5-3-7-10(2)8-4-6-9;2*1-2;/h3,5,9H,4,6,8H2,1-2H3;2*1H2,2H3;. The molecule has 1 aliphatic rings. The molecule has 91 valence electrons. The molecule has 0 amide bonds. The minimum absolute atomic E-state index is 0.791. The molecule has 0 radical (unpaired) electrons. The number of rotatable bonds is 3. The van der Waals surface area contributed by atoms with Crippen molar-refractivity contribution in [3.05, 3.63) is 21.7 Å². The van der Waals surface area contributed by atoms with E-state index in [0.29, 0.717) is 0 Å². The molecular weight excluding hydrogens is 363 g/mol. The van der Waals surface area contributed by atoms with Gasteiger partial charge in [0.1, 0.15) is 0 Å². The van der Waals surface area contributed by atoms with Crippen molar-refractivity contribution in [2.45, 2.75) is 56.6 Å². The molecule has 0 saturated carbocycles. The molecule has 0 aromatic heterocycles. The summed E-state index contributed by atoms with van der Waals surface area (Å²) in [4.78, 5) is 2.87. The molecule has 0 spiro atoms. The van der Waals surface area contributed by atoms with Crippen molar-refractivity contribution in [2.24, 2.45) is 5.92 Å². The SMILES string of the molecule is C[CH2][Pt]([CH2]C)[C]1=C(C)CCCC(C)C=C1. The Hall–Kier alpha value is 0.168. The predicted molar refractivity (Wildman–Crippen MR) is 65.8 cm³/mol. The summed E-state index contributed by atoms with van der Waals surface area (Å²) in [6.07, 6.45) is 9.04. The van der Waals surface area contributed by atoms with E-state index in [-0.39, 0.29) is 0 Å². The average Bonchev–Trinajstić information content (AvgIpc) is 2.22. The number of hydrogen-bond donors (Lipinski definition) is 0. The van der Waals surface area contributed by atoms with Crippen LogP contribution >= 0.6 is 0 Å². The zero-order valence-electron chi connectivity index (χ0n) is 10.6. The second-order valence-electron chi connectivity index (χ2n) is 4.15. The van der Waals surface area contributed by atoms with Gasteiger partial charge in [0.05, 0.1) is 0 Å². The zero-order chi connectivity index (χ0) is 11.3. The fourth-order valence-electron chi connectivity index (χ4n) is 1.95. The Labute approximate surface area is 101 Å². The van der Waals surface area contributed by atoms with Gasteiger partial charge in [0.25, 0.3) is 0 Å². The molecule has 0 aliphatic heterocycles. The van der Waals surface area contributed by atoms with Crippen molar-refractivity contribution < 1.29 is 17.3 Å². The van der Waals surface area contributed by atoms with Crippen LogP contribution in [0.3, 0.4) is 0 Å². The van der Waals surface area contributed by atoms with Crippen LogP contribution in [0.5, 0.6) is 0 Å². The summed E-state index contributed by atoms with van der Waals surface area (Å²) in [6.45, 7) is 9.48. The summed E-state index contributed by atoms with van der Waals surface area (Å²) in [5.74, 6) is 0.791. The molecule has 1 aliphatic carbocycles. The van der Waals surface area contributed by atoms with Gasteiger partial charge in [-0.05, 0) is 0 Å². The molecule has 1 heteroatoms. The quantitative estimate of drug-likeness (QED) is 0.629. The number of allylic oxidation sites excluding steroid dienone is 4. The first kappa shape index (κ1) is 13.2. The van der Waals surface area contributed by atoms with Crippen molar-refractivity contribution in [3.8, 4) is 0 Å². The van der Waals surface area contributed by atoms with Crippen LogP contribution in [0.25, 0.3) is 0 Å². The van der Waals surface area contributed by atoms with Gasteiger partial charge in [-0.25, -0.2) is 0 Å². The van der Waals surface area contributed by atoms with E-state index >= 15 is 0 Å². The zero-order valence-corrected chi connectivity index (χ0v) is 12.9. The summed E-state index contributed by atoms with van der Waals surface area (Å²) in [6, 6.07) is 0. The van der Waals surface area contributed by atoms with Crippen LogP contribution < -0.4 is 0 Å². The van der Waals surface area contributed by atoms with Crippen LogP contribution in [-0.2, 0) is 17.3 Å². The van der Waals surface area contributed by atoms with Crippen molar-refractivity contribution in [3.63, 3.8) is 0 Å². The van der Waals surface area contributed by atoms with E-state index in [1.807, 2.05) is 0 Å². The van der Waals surface area contributed by atoms with Gasteiger partial charge >= 0.3 is 101 Å². The molecule has 1 rings (SSSR count). The Morgan fingerprint density at radius 3 is 2.60 bits per heavy atom. The summed E-state index contributed by atoms with van der Waals surface area (Å²) in [7, 11) is 0. The van der Waals surface area contributed by atoms with E-state index in [1.165, 1.54) is 28.9 Å².